The monoisotopic (exact) mass is 245 g/mol. The van der Waals surface area contributed by atoms with Crippen LogP contribution in [0.1, 0.15) is 0 Å². The van der Waals surface area contributed by atoms with Crippen molar-refractivity contribution in [3.8, 4) is 0 Å². The molecule has 1 aliphatic heterocycles. The highest BCUT2D eigenvalue weighted by Crippen LogP contribution is 2.09. The maximum absolute atomic E-state index is 11.7. The van der Waals surface area contributed by atoms with E-state index in [-0.39, 0.29) is 11.5 Å². The minimum Gasteiger partial charge on any atom is -0.374 e. The zero-order chi connectivity index (χ0) is 12.4. The van der Waals surface area contributed by atoms with Gasteiger partial charge >= 0.3 is 0 Å². The van der Waals surface area contributed by atoms with Crippen molar-refractivity contribution < 1.29 is 4.74 Å². The summed E-state index contributed by atoms with van der Waals surface area (Å²) in [7, 11) is 0. The Labute approximate surface area is 104 Å². The van der Waals surface area contributed by atoms with Crippen LogP contribution in [0.5, 0.6) is 0 Å². The Balaban J connectivity index is 1.96. The van der Waals surface area contributed by atoms with E-state index in [1.165, 1.54) is 6.20 Å². The molecule has 0 spiro atoms. The number of benzene rings is 1. The summed E-state index contributed by atoms with van der Waals surface area (Å²) in [6.07, 6.45) is 1.48. The van der Waals surface area contributed by atoms with Crippen molar-refractivity contribution in [2.75, 3.05) is 19.7 Å². The summed E-state index contributed by atoms with van der Waals surface area (Å²) < 4.78 is 7.50. The smallest absolute Gasteiger partial charge is 0.207 e. The lowest BCUT2D eigenvalue weighted by Crippen LogP contribution is -2.41. The number of aromatic nitrogens is 2. The molecule has 3 rings (SSSR count). The summed E-state index contributed by atoms with van der Waals surface area (Å²) in [4.78, 5) is 11.7. The Morgan fingerprint density at radius 1 is 1.44 bits per heavy atom. The highest BCUT2D eigenvalue weighted by molar-refractivity contribution is 5.77. The topological polar surface area (TPSA) is 56.2 Å². The lowest BCUT2D eigenvalue weighted by molar-refractivity contribution is 0.0167. The molecule has 0 amide bonds. The van der Waals surface area contributed by atoms with Crippen LogP contribution in [0.4, 0.5) is 0 Å². The molecule has 1 N–H and O–H groups in total. The van der Waals surface area contributed by atoms with Crippen molar-refractivity contribution in [3.63, 3.8) is 0 Å². The first-order chi connectivity index (χ1) is 8.84. The zero-order valence-corrected chi connectivity index (χ0v) is 10.0. The molecule has 0 radical (unpaired) electrons. The summed E-state index contributed by atoms with van der Waals surface area (Å²) in [5, 5.41) is 8.19. The molecule has 5 nitrogen and oxygen atoms in total. The van der Waals surface area contributed by atoms with Crippen molar-refractivity contribution in [1.29, 1.82) is 0 Å². The highest BCUT2D eigenvalue weighted by atomic mass is 16.5. The molecule has 18 heavy (non-hydrogen) atoms. The number of fused-ring (bicyclic) bond motifs is 1. The third kappa shape index (κ3) is 2.14. The SMILES string of the molecule is O=c1cnn(CC2CNCCO2)c2ccccc12. The van der Waals surface area contributed by atoms with Crippen LogP contribution < -0.4 is 10.7 Å². The third-order valence-electron chi connectivity index (χ3n) is 3.14. The Kier molecular flexibility index (Phi) is 3.08. The van der Waals surface area contributed by atoms with Crippen LogP contribution in [0.25, 0.3) is 10.9 Å². The quantitative estimate of drug-likeness (QED) is 0.831. The van der Waals surface area contributed by atoms with Crippen LogP contribution >= 0.6 is 0 Å². The predicted molar refractivity (Wildman–Crippen MR) is 68.6 cm³/mol. The van der Waals surface area contributed by atoms with E-state index in [1.807, 2.05) is 28.9 Å². The summed E-state index contributed by atoms with van der Waals surface area (Å²) in [5.74, 6) is 0. The molecule has 1 unspecified atom stereocenters. The van der Waals surface area contributed by atoms with Gasteiger partial charge in [0.15, 0.2) is 0 Å². The van der Waals surface area contributed by atoms with Crippen LogP contribution in [-0.2, 0) is 11.3 Å². The van der Waals surface area contributed by atoms with E-state index in [2.05, 4.69) is 10.4 Å². The van der Waals surface area contributed by atoms with Crippen LogP contribution in [0, 0.1) is 0 Å². The van der Waals surface area contributed by atoms with Gasteiger partial charge in [0, 0.05) is 18.5 Å². The van der Waals surface area contributed by atoms with Gasteiger partial charge < -0.3 is 10.1 Å². The van der Waals surface area contributed by atoms with Gasteiger partial charge in [-0.25, -0.2) is 0 Å². The third-order valence-corrected chi connectivity index (χ3v) is 3.14. The van der Waals surface area contributed by atoms with Crippen LogP contribution in [-0.4, -0.2) is 35.6 Å². The van der Waals surface area contributed by atoms with Gasteiger partial charge in [0.25, 0.3) is 0 Å². The maximum atomic E-state index is 11.7. The van der Waals surface area contributed by atoms with E-state index < -0.39 is 0 Å². The molecule has 0 bridgehead atoms. The molecule has 2 heterocycles. The van der Waals surface area contributed by atoms with Gasteiger partial charge in [-0.1, -0.05) is 12.1 Å². The molecular formula is C13H15N3O2. The largest absolute Gasteiger partial charge is 0.374 e. The first-order valence-corrected chi connectivity index (χ1v) is 6.12. The van der Waals surface area contributed by atoms with Gasteiger partial charge in [0.05, 0.1) is 31.0 Å². The van der Waals surface area contributed by atoms with E-state index in [1.54, 1.807) is 0 Å². The van der Waals surface area contributed by atoms with Crippen molar-refractivity contribution in [1.82, 2.24) is 15.1 Å². The molecule has 1 aromatic heterocycles. The molecule has 0 aliphatic carbocycles. The first-order valence-electron chi connectivity index (χ1n) is 6.12. The Morgan fingerprint density at radius 2 is 2.33 bits per heavy atom. The average Bonchev–Trinajstić information content (AvgIpc) is 2.44. The van der Waals surface area contributed by atoms with Crippen molar-refractivity contribution >= 4 is 10.9 Å². The lowest BCUT2D eigenvalue weighted by Gasteiger charge is -2.24. The molecule has 1 fully saturated rings. The molecule has 1 aliphatic rings. The standard InChI is InChI=1S/C13H15N3O2/c17-13-8-15-16(9-10-7-14-5-6-18-10)12-4-2-1-3-11(12)13/h1-4,8,10,14H,5-7,9H2. The normalized spacial score (nSPS) is 20.1. The van der Waals surface area contributed by atoms with Gasteiger partial charge in [-0.05, 0) is 12.1 Å². The second-order valence-electron chi connectivity index (χ2n) is 4.41. The van der Waals surface area contributed by atoms with Gasteiger partial charge in [-0.2, -0.15) is 5.10 Å². The summed E-state index contributed by atoms with van der Waals surface area (Å²) in [6, 6.07) is 7.53. The van der Waals surface area contributed by atoms with Gasteiger partial charge in [-0.3, -0.25) is 9.48 Å². The minimum atomic E-state index is -0.0375. The minimum absolute atomic E-state index is 0.0375. The lowest BCUT2D eigenvalue weighted by atomic mass is 10.2. The van der Waals surface area contributed by atoms with Crippen LogP contribution in [0.3, 0.4) is 0 Å². The molecule has 2 aromatic rings. The fraction of sp³-hybridized carbons (Fsp3) is 0.385. The van der Waals surface area contributed by atoms with E-state index in [9.17, 15) is 4.79 Å². The molecule has 1 aromatic carbocycles. The highest BCUT2D eigenvalue weighted by Gasteiger charge is 2.15. The molecular weight excluding hydrogens is 230 g/mol. The Morgan fingerprint density at radius 3 is 3.17 bits per heavy atom. The summed E-state index contributed by atoms with van der Waals surface area (Å²) in [5.41, 5.74) is 0.823. The number of hydrogen-bond donors (Lipinski definition) is 1. The average molecular weight is 245 g/mol. The number of morpholine rings is 1. The van der Waals surface area contributed by atoms with E-state index in [0.717, 1.165) is 25.2 Å². The van der Waals surface area contributed by atoms with Crippen molar-refractivity contribution in [2.45, 2.75) is 12.6 Å². The van der Waals surface area contributed by atoms with Gasteiger partial charge in [-0.15, -0.1) is 0 Å². The molecule has 94 valence electrons. The van der Waals surface area contributed by atoms with Crippen LogP contribution in [0.15, 0.2) is 35.3 Å². The molecule has 1 atom stereocenters. The van der Waals surface area contributed by atoms with E-state index in [4.69, 9.17) is 4.74 Å². The van der Waals surface area contributed by atoms with E-state index in [0.29, 0.717) is 11.9 Å². The molecule has 5 heteroatoms. The van der Waals surface area contributed by atoms with Crippen LogP contribution in [0.2, 0.25) is 0 Å². The second kappa shape index (κ2) is 4.88. The van der Waals surface area contributed by atoms with E-state index >= 15 is 0 Å². The maximum Gasteiger partial charge on any atom is 0.207 e. The van der Waals surface area contributed by atoms with Gasteiger partial charge in [0.1, 0.15) is 0 Å². The van der Waals surface area contributed by atoms with Crippen molar-refractivity contribution in [3.05, 3.63) is 40.7 Å². The van der Waals surface area contributed by atoms with Gasteiger partial charge in [0.2, 0.25) is 5.43 Å². The fourth-order valence-electron chi connectivity index (χ4n) is 2.24. The number of ether oxygens (including phenoxy) is 1. The van der Waals surface area contributed by atoms with Crippen molar-refractivity contribution in [2.24, 2.45) is 0 Å². The predicted octanol–water partition coefficient (Wildman–Crippen LogP) is 0.385. The number of hydrogen-bond acceptors (Lipinski definition) is 4. The number of nitrogens with zero attached hydrogens (tertiary/aromatic N) is 2. The fourth-order valence-corrected chi connectivity index (χ4v) is 2.24. The summed E-state index contributed by atoms with van der Waals surface area (Å²) in [6.45, 7) is 3.10. The summed E-state index contributed by atoms with van der Waals surface area (Å²) >= 11 is 0. The number of para-hydroxylation sites is 1. The Hall–Kier alpha value is -1.72. The molecule has 0 saturated carbocycles. The number of nitrogens with one attached hydrogen (secondary N) is 1. The zero-order valence-electron chi connectivity index (χ0n) is 10.0. The molecule has 1 saturated heterocycles. The Bertz CT molecular complexity index is 602. The second-order valence-corrected chi connectivity index (χ2v) is 4.41. The number of rotatable bonds is 2. The first kappa shape index (κ1) is 11.4.